The van der Waals surface area contributed by atoms with Gasteiger partial charge in [0.15, 0.2) is 5.58 Å². The number of hydrogen-bond acceptors (Lipinski definition) is 4. The molecular formula is C13H14N2O4. The van der Waals surface area contributed by atoms with Crippen molar-refractivity contribution in [1.82, 2.24) is 4.98 Å². The number of carboxylic acids is 1. The van der Waals surface area contributed by atoms with Gasteiger partial charge in [0.25, 0.3) is 0 Å². The maximum Gasteiger partial charge on any atom is 0.417 e. The first-order chi connectivity index (χ1) is 9.04. The molecule has 6 heteroatoms. The smallest absolute Gasteiger partial charge is 0.417 e. The fraction of sp³-hybridized carbons (Fsp3) is 0.385. The van der Waals surface area contributed by atoms with Crippen LogP contribution in [-0.2, 0) is 4.79 Å². The number of carboxylic acid groups (broad SMARTS) is 1. The van der Waals surface area contributed by atoms with Gasteiger partial charge >= 0.3 is 11.7 Å². The quantitative estimate of drug-likeness (QED) is 0.873. The average molecular weight is 262 g/mol. The molecule has 0 radical (unpaired) electrons. The first-order valence-electron chi connectivity index (χ1n) is 6.13. The summed E-state index contributed by atoms with van der Waals surface area (Å²) in [4.78, 5) is 26.5. The van der Waals surface area contributed by atoms with Gasteiger partial charge in [-0.3, -0.25) is 9.78 Å². The molecule has 1 aliphatic carbocycles. The van der Waals surface area contributed by atoms with Crippen molar-refractivity contribution >= 4 is 22.8 Å². The van der Waals surface area contributed by atoms with Gasteiger partial charge in [-0.2, -0.15) is 0 Å². The molecule has 1 aliphatic rings. The van der Waals surface area contributed by atoms with Crippen LogP contribution in [0.3, 0.4) is 0 Å². The standard InChI is InChI=1S/C13H14N2O4/c1-15(9-4-7(5-9)12(16)17)8-2-3-10-11(6-8)19-13(18)14-10/h2-3,6-7,9H,4-5H2,1H3,(H,14,18)(H,16,17). The molecule has 0 aliphatic heterocycles. The Balaban J connectivity index is 1.80. The molecule has 6 nitrogen and oxygen atoms in total. The highest BCUT2D eigenvalue weighted by atomic mass is 16.4. The molecule has 2 N–H and O–H groups in total. The fourth-order valence-corrected chi connectivity index (χ4v) is 2.47. The molecule has 0 saturated heterocycles. The van der Waals surface area contributed by atoms with Crippen molar-refractivity contribution < 1.29 is 14.3 Å². The van der Waals surface area contributed by atoms with Crippen LogP contribution < -0.4 is 10.7 Å². The summed E-state index contributed by atoms with van der Waals surface area (Å²) >= 11 is 0. The van der Waals surface area contributed by atoms with Crippen molar-refractivity contribution in [2.45, 2.75) is 18.9 Å². The number of benzene rings is 1. The van der Waals surface area contributed by atoms with E-state index in [-0.39, 0.29) is 12.0 Å². The second kappa shape index (κ2) is 4.15. The van der Waals surface area contributed by atoms with Crippen molar-refractivity contribution in [2.24, 2.45) is 5.92 Å². The van der Waals surface area contributed by atoms with Crippen LogP contribution >= 0.6 is 0 Å². The minimum Gasteiger partial charge on any atom is -0.481 e. The topological polar surface area (TPSA) is 86.5 Å². The number of anilines is 1. The van der Waals surface area contributed by atoms with Crippen molar-refractivity contribution in [3.05, 3.63) is 28.7 Å². The molecule has 0 bridgehead atoms. The zero-order valence-electron chi connectivity index (χ0n) is 10.4. The van der Waals surface area contributed by atoms with Gasteiger partial charge < -0.3 is 14.4 Å². The van der Waals surface area contributed by atoms with E-state index in [2.05, 4.69) is 4.98 Å². The Kier molecular flexibility index (Phi) is 2.58. The number of H-pyrrole nitrogens is 1. The number of nitrogens with zero attached hydrogens (tertiary/aromatic N) is 1. The SMILES string of the molecule is CN(c1ccc2[nH]c(=O)oc2c1)C1CC(C(=O)O)C1. The van der Waals surface area contributed by atoms with Crippen LogP contribution in [0.2, 0.25) is 0 Å². The molecule has 2 aromatic rings. The van der Waals surface area contributed by atoms with Gasteiger partial charge in [-0.25, -0.2) is 4.79 Å². The van der Waals surface area contributed by atoms with Gasteiger partial charge in [0.2, 0.25) is 0 Å². The van der Waals surface area contributed by atoms with Crippen LogP contribution in [0.4, 0.5) is 5.69 Å². The fourth-order valence-electron chi connectivity index (χ4n) is 2.47. The van der Waals surface area contributed by atoms with E-state index >= 15 is 0 Å². The first-order valence-corrected chi connectivity index (χ1v) is 6.13. The molecule has 3 rings (SSSR count). The third-order valence-electron chi connectivity index (χ3n) is 3.82. The third-order valence-corrected chi connectivity index (χ3v) is 3.82. The number of oxazole rings is 1. The van der Waals surface area contributed by atoms with Crippen molar-refractivity contribution in [3.63, 3.8) is 0 Å². The molecule has 0 atom stereocenters. The van der Waals surface area contributed by atoms with Crippen LogP contribution in [0.25, 0.3) is 11.1 Å². The van der Waals surface area contributed by atoms with Gasteiger partial charge in [-0.05, 0) is 25.0 Å². The highest BCUT2D eigenvalue weighted by Crippen LogP contribution is 2.34. The molecule has 1 aromatic heterocycles. The summed E-state index contributed by atoms with van der Waals surface area (Å²) in [6, 6.07) is 5.70. The number of hydrogen-bond donors (Lipinski definition) is 2. The predicted molar refractivity (Wildman–Crippen MR) is 69.4 cm³/mol. The first kappa shape index (κ1) is 11.8. The monoisotopic (exact) mass is 262 g/mol. The van der Waals surface area contributed by atoms with Crippen LogP contribution in [0.15, 0.2) is 27.4 Å². The number of carbonyl (C=O) groups is 1. The lowest BCUT2D eigenvalue weighted by molar-refractivity contribution is -0.145. The summed E-state index contributed by atoms with van der Waals surface area (Å²) in [5.74, 6) is -1.43. The molecule has 1 saturated carbocycles. The highest BCUT2D eigenvalue weighted by Gasteiger charge is 2.36. The number of rotatable bonds is 3. The van der Waals surface area contributed by atoms with Gasteiger partial charge in [0, 0.05) is 24.8 Å². The Morgan fingerprint density at radius 3 is 2.89 bits per heavy atom. The van der Waals surface area contributed by atoms with E-state index in [4.69, 9.17) is 9.52 Å². The summed E-state index contributed by atoms with van der Waals surface area (Å²) in [6.45, 7) is 0. The van der Waals surface area contributed by atoms with E-state index in [0.717, 1.165) is 5.69 Å². The van der Waals surface area contributed by atoms with Crippen molar-refractivity contribution in [1.29, 1.82) is 0 Å². The van der Waals surface area contributed by atoms with Gasteiger partial charge in [-0.15, -0.1) is 0 Å². The second-order valence-electron chi connectivity index (χ2n) is 4.97. The average Bonchev–Trinajstić information content (AvgIpc) is 2.65. The number of fused-ring (bicyclic) bond motifs is 1. The Morgan fingerprint density at radius 2 is 2.21 bits per heavy atom. The Morgan fingerprint density at radius 1 is 1.47 bits per heavy atom. The summed E-state index contributed by atoms with van der Waals surface area (Å²) in [6.07, 6.45) is 1.31. The number of aromatic amines is 1. The summed E-state index contributed by atoms with van der Waals surface area (Å²) < 4.78 is 5.02. The molecule has 0 spiro atoms. The van der Waals surface area contributed by atoms with Crippen molar-refractivity contribution in [2.75, 3.05) is 11.9 Å². The third kappa shape index (κ3) is 1.99. The normalized spacial score (nSPS) is 22.2. The minimum atomic E-state index is -0.725. The van der Waals surface area contributed by atoms with Gasteiger partial charge in [0.1, 0.15) is 0 Å². The van der Waals surface area contributed by atoms with Gasteiger partial charge in [-0.1, -0.05) is 0 Å². The lowest BCUT2D eigenvalue weighted by Crippen LogP contribution is -2.45. The van der Waals surface area contributed by atoms with E-state index in [1.54, 1.807) is 12.1 Å². The van der Waals surface area contributed by atoms with Crippen molar-refractivity contribution in [3.8, 4) is 0 Å². The molecule has 1 aromatic carbocycles. The second-order valence-corrected chi connectivity index (χ2v) is 4.97. The Hall–Kier alpha value is -2.24. The predicted octanol–water partition coefficient (Wildman–Crippen LogP) is 1.42. The molecule has 0 amide bonds. The lowest BCUT2D eigenvalue weighted by Gasteiger charge is -2.40. The molecule has 19 heavy (non-hydrogen) atoms. The maximum absolute atomic E-state index is 11.1. The zero-order chi connectivity index (χ0) is 13.6. The molecule has 0 unspecified atom stereocenters. The van der Waals surface area contributed by atoms with E-state index in [9.17, 15) is 9.59 Å². The molecule has 100 valence electrons. The molecular weight excluding hydrogens is 248 g/mol. The summed E-state index contributed by atoms with van der Waals surface area (Å²) in [5.41, 5.74) is 2.10. The Bertz CT molecular complexity index is 681. The summed E-state index contributed by atoms with van der Waals surface area (Å²) in [5, 5.41) is 8.88. The number of aromatic nitrogens is 1. The maximum atomic E-state index is 11.1. The number of aliphatic carboxylic acids is 1. The minimum absolute atomic E-state index is 0.226. The molecule has 1 heterocycles. The van der Waals surface area contributed by atoms with Crippen LogP contribution in [0.5, 0.6) is 0 Å². The lowest BCUT2D eigenvalue weighted by atomic mass is 9.79. The van der Waals surface area contributed by atoms with Crippen LogP contribution in [-0.4, -0.2) is 29.1 Å². The summed E-state index contributed by atoms with van der Waals surface area (Å²) in [7, 11) is 1.93. The van der Waals surface area contributed by atoms with Gasteiger partial charge in [0.05, 0.1) is 11.4 Å². The van der Waals surface area contributed by atoms with E-state index in [0.29, 0.717) is 23.9 Å². The highest BCUT2D eigenvalue weighted by molar-refractivity contribution is 5.77. The largest absolute Gasteiger partial charge is 0.481 e. The zero-order valence-corrected chi connectivity index (χ0v) is 10.4. The molecule has 1 fully saturated rings. The van der Waals surface area contributed by atoms with E-state index in [1.165, 1.54) is 0 Å². The van der Waals surface area contributed by atoms with Crippen LogP contribution in [0.1, 0.15) is 12.8 Å². The Labute approximate surface area is 108 Å². The van der Waals surface area contributed by atoms with E-state index < -0.39 is 11.7 Å². The van der Waals surface area contributed by atoms with E-state index in [1.807, 2.05) is 18.0 Å². The van der Waals surface area contributed by atoms with Crippen LogP contribution in [0, 0.1) is 5.92 Å². The number of nitrogens with one attached hydrogen (secondary N) is 1.